The molecule has 1 aromatic rings. The third-order valence-corrected chi connectivity index (χ3v) is 3.90. The van der Waals surface area contributed by atoms with Crippen LogP contribution in [-0.2, 0) is 0 Å². The molecule has 6 heteroatoms. The zero-order chi connectivity index (χ0) is 14.7. The van der Waals surface area contributed by atoms with E-state index in [9.17, 15) is 10.1 Å². The van der Waals surface area contributed by atoms with Crippen molar-refractivity contribution in [2.24, 2.45) is 0 Å². The minimum atomic E-state index is -0.409. The number of hydrogen-bond acceptors (Lipinski definition) is 5. The van der Waals surface area contributed by atoms with Gasteiger partial charge < -0.3 is 15.5 Å². The average molecular weight is 278 g/mol. The second-order valence-corrected chi connectivity index (χ2v) is 5.37. The summed E-state index contributed by atoms with van der Waals surface area (Å²) in [5, 5.41) is 10.8. The zero-order valence-corrected chi connectivity index (χ0v) is 12.1. The highest BCUT2D eigenvalue weighted by atomic mass is 16.6. The molecule has 6 nitrogen and oxygen atoms in total. The number of nitrogens with zero attached hydrogens (tertiary/aromatic N) is 3. The van der Waals surface area contributed by atoms with Gasteiger partial charge in [0.05, 0.1) is 16.3 Å². The molecule has 1 atom stereocenters. The molecular formula is C14H22N4O2. The maximum absolute atomic E-state index is 10.8. The number of nitrogens with two attached hydrogens (primary N) is 1. The molecule has 0 saturated carbocycles. The zero-order valence-electron chi connectivity index (χ0n) is 12.1. The topological polar surface area (TPSA) is 75.6 Å². The maximum atomic E-state index is 10.8. The van der Waals surface area contributed by atoms with Gasteiger partial charge in [0.15, 0.2) is 0 Å². The summed E-state index contributed by atoms with van der Waals surface area (Å²) < 4.78 is 0. The van der Waals surface area contributed by atoms with E-state index in [1.54, 1.807) is 6.07 Å². The van der Waals surface area contributed by atoms with E-state index in [-0.39, 0.29) is 5.69 Å². The molecule has 1 aliphatic heterocycles. The molecule has 0 aliphatic carbocycles. The fourth-order valence-electron chi connectivity index (χ4n) is 2.83. The number of nitrogen functional groups attached to an aromatic ring is 1. The summed E-state index contributed by atoms with van der Waals surface area (Å²) in [6, 6.07) is 5.16. The molecule has 1 fully saturated rings. The molecule has 1 heterocycles. The Morgan fingerprint density at radius 1 is 1.45 bits per heavy atom. The number of anilines is 2. The fourth-order valence-corrected chi connectivity index (χ4v) is 2.83. The number of likely N-dealkylation sites (N-methyl/N-ethyl adjacent to an activating group) is 1. The molecule has 0 amide bonds. The van der Waals surface area contributed by atoms with E-state index >= 15 is 0 Å². The molecule has 0 radical (unpaired) electrons. The van der Waals surface area contributed by atoms with E-state index < -0.39 is 4.92 Å². The molecule has 2 N–H and O–H groups in total. The van der Waals surface area contributed by atoms with Crippen molar-refractivity contribution in [3.8, 4) is 0 Å². The lowest BCUT2D eigenvalue weighted by Crippen LogP contribution is -2.40. The molecule has 1 aromatic carbocycles. The van der Waals surface area contributed by atoms with Crippen LogP contribution in [-0.4, -0.2) is 42.5 Å². The molecule has 2 rings (SSSR count). The molecule has 1 aliphatic rings. The minimum Gasteiger partial charge on any atom is -0.397 e. The number of rotatable bonds is 3. The SMILES string of the molecule is CCC1CN(C)CCCN1c1ccc([N+](=O)[O-])cc1N. The summed E-state index contributed by atoms with van der Waals surface area (Å²) in [7, 11) is 2.13. The first kappa shape index (κ1) is 14.6. The molecule has 0 bridgehead atoms. The summed E-state index contributed by atoms with van der Waals surface area (Å²) in [6.07, 6.45) is 2.10. The third kappa shape index (κ3) is 3.01. The molecule has 0 aromatic heterocycles. The Labute approximate surface area is 119 Å². The Hall–Kier alpha value is -1.82. The Morgan fingerprint density at radius 2 is 2.20 bits per heavy atom. The van der Waals surface area contributed by atoms with Crippen LogP contribution in [0, 0.1) is 10.1 Å². The molecule has 20 heavy (non-hydrogen) atoms. The quantitative estimate of drug-likeness (QED) is 0.520. The van der Waals surface area contributed by atoms with Gasteiger partial charge in [-0.3, -0.25) is 10.1 Å². The van der Waals surface area contributed by atoms with Crippen molar-refractivity contribution in [3.05, 3.63) is 28.3 Å². The monoisotopic (exact) mass is 278 g/mol. The van der Waals surface area contributed by atoms with Crippen LogP contribution in [0.15, 0.2) is 18.2 Å². The number of nitro groups is 1. The van der Waals surface area contributed by atoms with E-state index in [1.165, 1.54) is 12.1 Å². The van der Waals surface area contributed by atoms with Crippen molar-refractivity contribution in [2.75, 3.05) is 37.3 Å². The van der Waals surface area contributed by atoms with E-state index in [4.69, 9.17) is 5.73 Å². The maximum Gasteiger partial charge on any atom is 0.271 e. The van der Waals surface area contributed by atoms with Crippen LogP contribution in [0.4, 0.5) is 17.1 Å². The van der Waals surface area contributed by atoms with Gasteiger partial charge in [-0.2, -0.15) is 0 Å². The smallest absolute Gasteiger partial charge is 0.271 e. The summed E-state index contributed by atoms with van der Waals surface area (Å²) in [6.45, 7) is 5.16. The van der Waals surface area contributed by atoms with Gasteiger partial charge in [-0.25, -0.2) is 0 Å². The van der Waals surface area contributed by atoms with Gasteiger partial charge in [0.2, 0.25) is 0 Å². The lowest BCUT2D eigenvalue weighted by Gasteiger charge is -2.33. The lowest BCUT2D eigenvalue weighted by molar-refractivity contribution is -0.384. The van der Waals surface area contributed by atoms with Gasteiger partial charge in [0, 0.05) is 31.3 Å². The van der Waals surface area contributed by atoms with Gasteiger partial charge in [-0.15, -0.1) is 0 Å². The van der Waals surface area contributed by atoms with Crippen LogP contribution < -0.4 is 10.6 Å². The lowest BCUT2D eigenvalue weighted by atomic mass is 10.1. The summed E-state index contributed by atoms with van der Waals surface area (Å²) in [5.41, 5.74) is 7.48. The van der Waals surface area contributed by atoms with Gasteiger partial charge in [0.1, 0.15) is 0 Å². The predicted molar refractivity (Wildman–Crippen MR) is 81.0 cm³/mol. The molecule has 1 unspecified atom stereocenters. The average Bonchev–Trinajstić information content (AvgIpc) is 2.60. The van der Waals surface area contributed by atoms with Crippen LogP contribution >= 0.6 is 0 Å². The van der Waals surface area contributed by atoms with Crippen LogP contribution in [0.2, 0.25) is 0 Å². The minimum absolute atomic E-state index is 0.0474. The summed E-state index contributed by atoms with van der Waals surface area (Å²) in [4.78, 5) is 15.0. The first-order valence-corrected chi connectivity index (χ1v) is 7.02. The van der Waals surface area contributed by atoms with Crippen molar-refractivity contribution in [1.29, 1.82) is 0 Å². The highest BCUT2D eigenvalue weighted by Crippen LogP contribution is 2.30. The molecule has 110 valence electrons. The molecular weight excluding hydrogens is 256 g/mol. The van der Waals surface area contributed by atoms with Crippen LogP contribution in [0.5, 0.6) is 0 Å². The first-order chi connectivity index (χ1) is 9.52. The Kier molecular flexibility index (Phi) is 4.44. The number of non-ortho nitro benzene ring substituents is 1. The highest BCUT2D eigenvalue weighted by molar-refractivity contribution is 5.71. The van der Waals surface area contributed by atoms with Crippen molar-refractivity contribution >= 4 is 17.1 Å². The first-order valence-electron chi connectivity index (χ1n) is 7.02. The van der Waals surface area contributed by atoms with Crippen molar-refractivity contribution in [2.45, 2.75) is 25.8 Å². The van der Waals surface area contributed by atoms with Gasteiger partial charge in [-0.1, -0.05) is 6.92 Å². The number of benzene rings is 1. The van der Waals surface area contributed by atoms with Crippen LogP contribution in [0.3, 0.4) is 0 Å². The van der Waals surface area contributed by atoms with Crippen molar-refractivity contribution in [3.63, 3.8) is 0 Å². The Balaban J connectivity index is 2.30. The Morgan fingerprint density at radius 3 is 2.80 bits per heavy atom. The second-order valence-electron chi connectivity index (χ2n) is 5.37. The van der Waals surface area contributed by atoms with Crippen molar-refractivity contribution in [1.82, 2.24) is 4.90 Å². The van der Waals surface area contributed by atoms with E-state index in [0.717, 1.165) is 38.2 Å². The van der Waals surface area contributed by atoms with Crippen molar-refractivity contribution < 1.29 is 4.92 Å². The molecule has 1 saturated heterocycles. The van der Waals surface area contributed by atoms with E-state index in [1.807, 2.05) is 0 Å². The normalized spacial score (nSPS) is 20.7. The molecule has 0 spiro atoms. The third-order valence-electron chi connectivity index (χ3n) is 3.90. The van der Waals surface area contributed by atoms with Crippen LogP contribution in [0.1, 0.15) is 19.8 Å². The van der Waals surface area contributed by atoms with Gasteiger partial charge in [-0.05, 0) is 32.5 Å². The Bertz CT molecular complexity index is 492. The van der Waals surface area contributed by atoms with Gasteiger partial charge >= 0.3 is 0 Å². The van der Waals surface area contributed by atoms with E-state index in [0.29, 0.717) is 11.7 Å². The predicted octanol–water partition coefficient (Wildman–Crippen LogP) is 2.10. The fraction of sp³-hybridized carbons (Fsp3) is 0.571. The highest BCUT2D eigenvalue weighted by Gasteiger charge is 2.24. The summed E-state index contributed by atoms with van der Waals surface area (Å²) in [5.74, 6) is 0. The van der Waals surface area contributed by atoms with E-state index in [2.05, 4.69) is 23.8 Å². The number of nitro benzene ring substituents is 1. The van der Waals surface area contributed by atoms with Crippen LogP contribution in [0.25, 0.3) is 0 Å². The largest absolute Gasteiger partial charge is 0.397 e. The van der Waals surface area contributed by atoms with Gasteiger partial charge in [0.25, 0.3) is 5.69 Å². The number of hydrogen-bond donors (Lipinski definition) is 1. The second kappa shape index (κ2) is 6.09. The summed E-state index contributed by atoms with van der Waals surface area (Å²) >= 11 is 0. The standard InChI is InChI=1S/C14H22N4O2/c1-3-11-10-16(2)7-4-8-17(11)14-6-5-12(18(19)20)9-13(14)15/h5-6,9,11H,3-4,7-8,10,15H2,1-2H3.